The Morgan fingerprint density at radius 1 is 0.708 bits per heavy atom. The Morgan fingerprint density at radius 3 is 1.42 bits per heavy atom. The molecule has 0 aliphatic carbocycles. The van der Waals surface area contributed by atoms with E-state index >= 15 is 0 Å². The molecule has 6 heteroatoms. The monoisotopic (exact) mass is 334 g/mol. The van der Waals surface area contributed by atoms with Crippen molar-refractivity contribution in [3.05, 3.63) is 60.7 Å². The Labute approximate surface area is 149 Å². The maximum atomic E-state index is 2.61. The average Bonchev–Trinajstić information content (AvgIpc) is 2.55. The van der Waals surface area contributed by atoms with Crippen LogP contribution in [0.5, 0.6) is 0 Å². The summed E-state index contributed by atoms with van der Waals surface area (Å²) in [6.07, 6.45) is 0. The third-order valence-electron chi connectivity index (χ3n) is 4.74. The second-order valence-electron chi connectivity index (χ2n) is 7.44. The maximum absolute atomic E-state index is 2.61. The van der Waals surface area contributed by atoms with Crippen LogP contribution in [0.1, 0.15) is 20.8 Å². The van der Waals surface area contributed by atoms with E-state index in [1.165, 1.54) is 11.4 Å². The van der Waals surface area contributed by atoms with Crippen molar-refractivity contribution in [3.63, 3.8) is 0 Å². The lowest BCUT2D eigenvalue weighted by Crippen LogP contribution is -2.75. The molecule has 0 atom stereocenters. The molecule has 3 nitrogen and oxygen atoms in total. The van der Waals surface area contributed by atoms with Crippen molar-refractivity contribution < 1.29 is 0 Å². The highest BCUT2D eigenvalue weighted by Crippen LogP contribution is 2.30. The standard InChI is InChI=1S/C18H26B2N3Si/c1-18(2,3)23-19(4)21(16-12-8-6-9-13-16)24-22(20(23)5)17-14-10-7-11-15-17/h6-15,24H,1-5H3. The van der Waals surface area contributed by atoms with Crippen LogP contribution in [0.15, 0.2) is 60.7 Å². The van der Waals surface area contributed by atoms with E-state index in [4.69, 9.17) is 0 Å². The molecule has 0 N–H and O–H groups in total. The molecular weight excluding hydrogens is 308 g/mol. The molecule has 0 amide bonds. The average molecular weight is 334 g/mol. The molecule has 0 unspecified atom stereocenters. The molecular formula is C18H26B2N3Si. The van der Waals surface area contributed by atoms with Gasteiger partial charge in [0.05, 0.1) is 0 Å². The zero-order valence-electron chi connectivity index (χ0n) is 15.3. The van der Waals surface area contributed by atoms with Gasteiger partial charge in [-0.1, -0.05) is 50.0 Å². The van der Waals surface area contributed by atoms with E-state index in [0.717, 1.165) is 0 Å². The topological polar surface area (TPSA) is 9.72 Å². The highest BCUT2D eigenvalue weighted by molar-refractivity contribution is 6.92. The van der Waals surface area contributed by atoms with Crippen molar-refractivity contribution in [3.8, 4) is 0 Å². The van der Waals surface area contributed by atoms with Crippen molar-refractivity contribution in [1.82, 2.24) is 4.72 Å². The van der Waals surface area contributed by atoms with E-state index in [-0.39, 0.29) is 15.4 Å². The normalized spacial score (nSPS) is 16.7. The summed E-state index contributed by atoms with van der Waals surface area (Å²) in [4.78, 5) is 0. The van der Waals surface area contributed by atoms with Crippen molar-refractivity contribution in [2.45, 2.75) is 40.0 Å². The molecule has 24 heavy (non-hydrogen) atoms. The van der Waals surface area contributed by atoms with E-state index in [1.807, 2.05) is 0 Å². The van der Waals surface area contributed by atoms with Crippen molar-refractivity contribution >= 4 is 35.2 Å². The Balaban J connectivity index is 2.02. The van der Waals surface area contributed by atoms with Gasteiger partial charge in [0.1, 0.15) is 0 Å². The lowest BCUT2D eigenvalue weighted by Gasteiger charge is -2.55. The molecule has 0 aromatic heterocycles. The second kappa shape index (κ2) is 6.69. The van der Waals surface area contributed by atoms with Crippen LogP contribution in [0.4, 0.5) is 11.4 Å². The van der Waals surface area contributed by atoms with E-state index < -0.39 is 0 Å². The van der Waals surface area contributed by atoms with Gasteiger partial charge in [0.15, 0.2) is 0 Å². The summed E-state index contributed by atoms with van der Waals surface area (Å²) < 4.78 is 7.75. The van der Waals surface area contributed by atoms with Crippen LogP contribution in [0, 0.1) is 0 Å². The molecule has 1 fully saturated rings. The summed E-state index contributed by atoms with van der Waals surface area (Å²) >= 11 is 0. The Kier molecular flexibility index (Phi) is 4.79. The van der Waals surface area contributed by atoms with Crippen LogP contribution in [-0.4, -0.2) is 34.1 Å². The van der Waals surface area contributed by atoms with Gasteiger partial charge in [-0.15, -0.1) is 0 Å². The van der Waals surface area contributed by atoms with Crippen LogP contribution in [-0.2, 0) is 0 Å². The minimum absolute atomic E-state index is 0.0151. The fourth-order valence-electron chi connectivity index (χ4n) is 3.79. The second-order valence-corrected chi connectivity index (χ2v) is 8.79. The van der Waals surface area contributed by atoms with E-state index in [1.54, 1.807) is 0 Å². The molecule has 123 valence electrons. The number of rotatable bonds is 2. The summed E-state index contributed by atoms with van der Waals surface area (Å²) in [5, 5.41) is 0. The van der Waals surface area contributed by atoms with Crippen LogP contribution >= 0.6 is 0 Å². The zero-order chi connectivity index (χ0) is 17.3. The molecule has 0 spiro atoms. The van der Waals surface area contributed by atoms with Crippen LogP contribution < -0.4 is 8.95 Å². The molecule has 0 bridgehead atoms. The summed E-state index contributed by atoms with van der Waals surface area (Å²) in [5.74, 6) is 0. The van der Waals surface area contributed by atoms with E-state index in [0.29, 0.717) is 14.0 Å². The van der Waals surface area contributed by atoms with E-state index in [2.05, 4.69) is 109 Å². The lowest BCUT2D eigenvalue weighted by molar-refractivity contribution is 0.360. The van der Waals surface area contributed by atoms with Crippen molar-refractivity contribution in [2.75, 3.05) is 8.95 Å². The van der Waals surface area contributed by atoms with Crippen LogP contribution in [0.25, 0.3) is 0 Å². The third kappa shape index (κ3) is 3.26. The SMILES string of the molecule is CB1N(c2ccccc2)[SiH]N(c2ccccc2)B(C)N1C(C)(C)C. The largest absolute Gasteiger partial charge is 0.416 e. The van der Waals surface area contributed by atoms with Crippen molar-refractivity contribution in [2.24, 2.45) is 0 Å². The van der Waals surface area contributed by atoms with Gasteiger partial charge in [-0.25, -0.2) is 0 Å². The van der Waals surface area contributed by atoms with Crippen molar-refractivity contribution in [1.29, 1.82) is 0 Å². The third-order valence-corrected chi connectivity index (χ3v) is 6.70. The van der Waals surface area contributed by atoms with Crippen LogP contribution in [0.2, 0.25) is 13.6 Å². The minimum Gasteiger partial charge on any atom is -0.416 e. The molecule has 1 heterocycles. The van der Waals surface area contributed by atoms with Gasteiger partial charge < -0.3 is 13.7 Å². The number of hydrogen-bond donors (Lipinski definition) is 0. The Bertz CT molecular complexity index is 611. The Hall–Kier alpha value is -1.65. The first-order valence-corrected chi connectivity index (χ1v) is 9.73. The molecule has 1 aliphatic heterocycles. The molecule has 0 saturated carbocycles. The Morgan fingerprint density at radius 2 is 1.08 bits per heavy atom. The first-order chi connectivity index (χ1) is 11.4. The van der Waals surface area contributed by atoms with Gasteiger partial charge in [-0.3, -0.25) is 0 Å². The molecule has 3 rings (SSSR count). The fourth-order valence-corrected chi connectivity index (χ4v) is 5.35. The highest BCUT2D eigenvalue weighted by atomic mass is 28.2. The highest BCUT2D eigenvalue weighted by Gasteiger charge is 2.46. The zero-order valence-corrected chi connectivity index (χ0v) is 16.5. The lowest BCUT2D eigenvalue weighted by atomic mass is 9.58. The fraction of sp³-hybridized carbons (Fsp3) is 0.333. The summed E-state index contributed by atoms with van der Waals surface area (Å²) in [6.45, 7) is 12.4. The van der Waals surface area contributed by atoms with Gasteiger partial charge in [-0.2, -0.15) is 0 Å². The minimum atomic E-state index is -0.0151. The first-order valence-electron chi connectivity index (χ1n) is 8.70. The number of hydrogen-bond acceptors (Lipinski definition) is 3. The summed E-state index contributed by atoms with van der Waals surface area (Å²) in [6, 6.07) is 21.6. The van der Waals surface area contributed by atoms with Gasteiger partial charge in [-0.05, 0) is 50.6 Å². The smallest absolute Gasteiger partial charge is 0.322 e. The number of nitrogens with zero attached hydrogens (tertiary/aromatic N) is 3. The maximum Gasteiger partial charge on any atom is 0.322 e. The molecule has 1 aliphatic rings. The van der Waals surface area contributed by atoms with E-state index in [9.17, 15) is 0 Å². The number of anilines is 2. The van der Waals surface area contributed by atoms with Crippen LogP contribution in [0.3, 0.4) is 0 Å². The predicted molar refractivity (Wildman–Crippen MR) is 110 cm³/mol. The number of benzene rings is 2. The molecule has 1 saturated heterocycles. The van der Waals surface area contributed by atoms with Gasteiger partial charge in [0, 0.05) is 11.4 Å². The van der Waals surface area contributed by atoms with Gasteiger partial charge >= 0.3 is 14.0 Å². The summed E-state index contributed by atoms with van der Waals surface area (Å²) in [7, 11) is -0.0151. The number of para-hydroxylation sites is 2. The van der Waals surface area contributed by atoms with Gasteiger partial charge in [0.25, 0.3) is 9.84 Å². The predicted octanol–water partition coefficient (Wildman–Crippen LogP) is 3.62. The summed E-state index contributed by atoms with van der Waals surface area (Å²) in [5.41, 5.74) is 2.71. The molecule has 1 radical (unpaired) electrons. The molecule has 2 aromatic rings. The van der Waals surface area contributed by atoms with Gasteiger partial charge in [0.2, 0.25) is 0 Å². The molecule has 2 aromatic carbocycles. The quantitative estimate of drug-likeness (QED) is 0.777. The first kappa shape index (κ1) is 17.2.